The summed E-state index contributed by atoms with van der Waals surface area (Å²) in [6.07, 6.45) is 4.41. The summed E-state index contributed by atoms with van der Waals surface area (Å²) in [6.45, 7) is 0. The number of hydrogen-bond acceptors (Lipinski definition) is 1. The van der Waals surface area contributed by atoms with E-state index in [0.29, 0.717) is 0 Å². The normalized spacial score (nSPS) is 10.5. The van der Waals surface area contributed by atoms with Crippen LogP contribution in [0.2, 0.25) is 0 Å². The lowest BCUT2D eigenvalue weighted by molar-refractivity contribution is 1.41. The number of thiol groups is 1. The van der Waals surface area contributed by atoms with Gasteiger partial charge in [-0.3, -0.25) is 0 Å². The van der Waals surface area contributed by atoms with Crippen LogP contribution in [0.3, 0.4) is 0 Å². The van der Waals surface area contributed by atoms with Crippen molar-refractivity contribution in [2.24, 2.45) is 0 Å². The Morgan fingerprint density at radius 1 is 1.18 bits per heavy atom. The highest BCUT2D eigenvalue weighted by atomic mass is 32.2. The van der Waals surface area contributed by atoms with Crippen molar-refractivity contribution in [1.29, 1.82) is 5.26 Å². The maximum atomic E-state index is 8.52. The van der Waals surface area contributed by atoms with Crippen molar-refractivity contribution < 1.29 is 0 Å². The van der Waals surface area contributed by atoms with E-state index < -0.39 is 0 Å². The third-order valence-electron chi connectivity index (χ3n) is 1.51. The molecule has 0 saturated carbocycles. The van der Waals surface area contributed by atoms with E-state index in [1.54, 1.807) is 0 Å². The monoisotopic (exact) mass is 165 g/mol. The largest absolute Gasteiger partial charge is 0.233 e. The molecule has 1 rings (SSSR count). The quantitative estimate of drug-likeness (QED) is 0.633. The SMILES string of the molecule is C[SH](C)c1ccc(C#N)cc1. The van der Waals surface area contributed by atoms with Gasteiger partial charge in [0.2, 0.25) is 0 Å². The maximum absolute atomic E-state index is 8.52. The first kappa shape index (κ1) is 8.16. The Labute approximate surface area is 70.0 Å². The molecule has 0 aromatic heterocycles. The Balaban J connectivity index is 2.94. The number of nitrogens with zero attached hydrogens (tertiary/aromatic N) is 1. The van der Waals surface area contributed by atoms with Crippen LogP contribution in [0.4, 0.5) is 0 Å². The molecule has 0 spiro atoms. The lowest BCUT2D eigenvalue weighted by Gasteiger charge is -2.07. The van der Waals surface area contributed by atoms with Crippen LogP contribution in [-0.4, -0.2) is 12.5 Å². The van der Waals surface area contributed by atoms with Gasteiger partial charge < -0.3 is 0 Å². The minimum Gasteiger partial charge on any atom is -0.233 e. The molecule has 1 nitrogen and oxygen atoms in total. The van der Waals surface area contributed by atoms with Gasteiger partial charge >= 0.3 is 0 Å². The molecule has 0 unspecified atom stereocenters. The van der Waals surface area contributed by atoms with Crippen LogP contribution in [0.1, 0.15) is 5.56 Å². The van der Waals surface area contributed by atoms with Gasteiger partial charge in [-0.15, -0.1) is 0 Å². The van der Waals surface area contributed by atoms with E-state index in [-0.39, 0.29) is 10.9 Å². The van der Waals surface area contributed by atoms with E-state index in [1.165, 1.54) is 4.90 Å². The molecule has 0 bridgehead atoms. The van der Waals surface area contributed by atoms with Crippen molar-refractivity contribution in [2.45, 2.75) is 4.90 Å². The van der Waals surface area contributed by atoms with Gasteiger partial charge in [0.15, 0.2) is 0 Å². The third-order valence-corrected chi connectivity index (χ3v) is 2.84. The van der Waals surface area contributed by atoms with Crippen LogP contribution < -0.4 is 0 Å². The van der Waals surface area contributed by atoms with Crippen LogP contribution in [0.5, 0.6) is 0 Å². The highest BCUT2D eigenvalue weighted by molar-refractivity contribution is 8.15. The lowest BCUT2D eigenvalue weighted by Crippen LogP contribution is -1.78. The predicted molar refractivity (Wildman–Crippen MR) is 50.3 cm³/mol. The van der Waals surface area contributed by atoms with Crippen molar-refractivity contribution in [3.8, 4) is 6.07 Å². The summed E-state index contributed by atoms with van der Waals surface area (Å²) in [7, 11) is -0.0224. The Bertz CT molecular complexity index is 269. The Morgan fingerprint density at radius 3 is 2.09 bits per heavy atom. The molecule has 2 heteroatoms. The zero-order chi connectivity index (χ0) is 8.27. The molecule has 0 heterocycles. The minimum absolute atomic E-state index is 0.0224. The van der Waals surface area contributed by atoms with Crippen molar-refractivity contribution in [3.05, 3.63) is 29.8 Å². The fourth-order valence-corrected chi connectivity index (χ4v) is 1.58. The smallest absolute Gasteiger partial charge is 0.0991 e. The molecule has 1 aromatic rings. The third kappa shape index (κ3) is 1.99. The first-order valence-electron chi connectivity index (χ1n) is 3.41. The standard InChI is InChI=1S/C9H11NS/c1-11(2)9-5-3-8(7-10)4-6-9/h3-6,11H,1-2H3. The molecular weight excluding hydrogens is 154 g/mol. The summed E-state index contributed by atoms with van der Waals surface area (Å²) in [4.78, 5) is 1.35. The van der Waals surface area contributed by atoms with E-state index in [0.717, 1.165) is 5.56 Å². The Kier molecular flexibility index (Phi) is 2.56. The molecule has 0 saturated heterocycles. The van der Waals surface area contributed by atoms with Gasteiger partial charge in [-0.2, -0.15) is 5.26 Å². The van der Waals surface area contributed by atoms with Gasteiger partial charge in [0.05, 0.1) is 11.6 Å². The van der Waals surface area contributed by atoms with Crippen molar-refractivity contribution in [2.75, 3.05) is 12.5 Å². The maximum Gasteiger partial charge on any atom is 0.0991 e. The summed E-state index contributed by atoms with van der Waals surface area (Å²) in [5.41, 5.74) is 0.741. The number of nitriles is 1. The van der Waals surface area contributed by atoms with Gasteiger partial charge in [-0.05, 0) is 41.7 Å². The van der Waals surface area contributed by atoms with Crippen molar-refractivity contribution >= 4 is 10.9 Å². The van der Waals surface area contributed by atoms with E-state index in [2.05, 4.69) is 18.6 Å². The molecule has 0 fully saturated rings. The van der Waals surface area contributed by atoms with Crippen LogP contribution in [0, 0.1) is 11.3 Å². The molecule has 0 amide bonds. The van der Waals surface area contributed by atoms with E-state index in [9.17, 15) is 0 Å². The molecule has 0 atom stereocenters. The van der Waals surface area contributed by atoms with Gasteiger partial charge in [0.25, 0.3) is 0 Å². The molecule has 0 radical (unpaired) electrons. The number of hydrogen-bond donors (Lipinski definition) is 1. The van der Waals surface area contributed by atoms with Gasteiger partial charge in [0.1, 0.15) is 0 Å². The fourth-order valence-electron chi connectivity index (χ4n) is 0.834. The first-order chi connectivity index (χ1) is 5.24. The molecule has 0 aliphatic rings. The van der Waals surface area contributed by atoms with Crippen LogP contribution in [0.25, 0.3) is 0 Å². The number of rotatable bonds is 1. The summed E-state index contributed by atoms with van der Waals surface area (Å²) >= 11 is 0. The molecule has 0 N–H and O–H groups in total. The molecule has 11 heavy (non-hydrogen) atoms. The second kappa shape index (κ2) is 3.45. The lowest BCUT2D eigenvalue weighted by atomic mass is 10.2. The topological polar surface area (TPSA) is 23.8 Å². The average Bonchev–Trinajstić information content (AvgIpc) is 2.05. The van der Waals surface area contributed by atoms with E-state index >= 15 is 0 Å². The second-order valence-electron chi connectivity index (χ2n) is 2.55. The van der Waals surface area contributed by atoms with E-state index in [1.807, 2.05) is 24.3 Å². The average molecular weight is 165 g/mol. The first-order valence-corrected chi connectivity index (χ1v) is 5.65. The second-order valence-corrected chi connectivity index (χ2v) is 4.86. The van der Waals surface area contributed by atoms with Crippen LogP contribution in [-0.2, 0) is 0 Å². The fraction of sp³-hybridized carbons (Fsp3) is 0.222. The highest BCUT2D eigenvalue weighted by Gasteiger charge is 1.93. The van der Waals surface area contributed by atoms with Crippen LogP contribution in [0.15, 0.2) is 29.2 Å². The summed E-state index contributed by atoms with van der Waals surface area (Å²) in [5.74, 6) is 0. The Morgan fingerprint density at radius 2 is 1.73 bits per heavy atom. The highest BCUT2D eigenvalue weighted by Crippen LogP contribution is 2.27. The Hall–Kier alpha value is -0.940. The molecule has 0 aliphatic heterocycles. The minimum atomic E-state index is -0.0224. The van der Waals surface area contributed by atoms with Crippen molar-refractivity contribution in [1.82, 2.24) is 0 Å². The zero-order valence-corrected chi connectivity index (χ0v) is 7.60. The van der Waals surface area contributed by atoms with Gasteiger partial charge in [0, 0.05) is 0 Å². The molecule has 0 aliphatic carbocycles. The molecule has 1 aromatic carbocycles. The van der Waals surface area contributed by atoms with E-state index in [4.69, 9.17) is 5.26 Å². The molecular formula is C9H11NS. The van der Waals surface area contributed by atoms with Crippen LogP contribution >= 0.6 is 10.9 Å². The zero-order valence-electron chi connectivity index (χ0n) is 6.70. The van der Waals surface area contributed by atoms with Crippen molar-refractivity contribution in [3.63, 3.8) is 0 Å². The summed E-state index contributed by atoms with van der Waals surface area (Å²) in [6, 6.07) is 9.91. The summed E-state index contributed by atoms with van der Waals surface area (Å²) < 4.78 is 0. The van der Waals surface area contributed by atoms with Gasteiger partial charge in [-0.1, -0.05) is 0 Å². The summed E-state index contributed by atoms with van der Waals surface area (Å²) in [5, 5.41) is 8.52. The predicted octanol–water partition coefficient (Wildman–Crippen LogP) is 2.18. The number of benzene rings is 1. The van der Waals surface area contributed by atoms with Gasteiger partial charge in [-0.25, -0.2) is 10.9 Å². The molecule has 58 valence electrons.